The molecule has 0 bridgehead atoms. The van der Waals surface area contributed by atoms with Gasteiger partial charge in [-0.25, -0.2) is 0 Å². The van der Waals surface area contributed by atoms with Gasteiger partial charge in [-0.3, -0.25) is 9.36 Å². The lowest BCUT2D eigenvalue weighted by molar-refractivity contribution is -0.113. The molecule has 6 nitrogen and oxygen atoms in total. The first kappa shape index (κ1) is 21.9. The number of hydrogen-bond acceptors (Lipinski definition) is 5. The summed E-state index contributed by atoms with van der Waals surface area (Å²) < 4.78 is 7.70. The molecule has 3 rings (SSSR count). The molecule has 0 fully saturated rings. The van der Waals surface area contributed by atoms with Gasteiger partial charge in [0.25, 0.3) is 0 Å². The molecule has 1 amide bonds. The maximum atomic E-state index is 12.3. The molecule has 0 saturated carbocycles. The second-order valence-electron chi connectivity index (χ2n) is 6.70. The van der Waals surface area contributed by atoms with Crippen molar-refractivity contribution in [3.63, 3.8) is 0 Å². The molecule has 0 radical (unpaired) electrons. The third kappa shape index (κ3) is 5.87. The Morgan fingerprint density at radius 3 is 2.70 bits per heavy atom. The SMILES string of the molecule is C=CCn1c(COc2ccc(C)cc2)nnc1SCC(=O)Nc1ccc(C)c(Cl)c1. The number of allylic oxidation sites excluding steroid dienone is 1. The van der Waals surface area contributed by atoms with E-state index in [4.69, 9.17) is 16.3 Å². The van der Waals surface area contributed by atoms with E-state index in [1.165, 1.54) is 17.3 Å². The third-order valence-electron chi connectivity index (χ3n) is 4.28. The summed E-state index contributed by atoms with van der Waals surface area (Å²) in [7, 11) is 0. The zero-order valence-corrected chi connectivity index (χ0v) is 18.5. The second-order valence-corrected chi connectivity index (χ2v) is 8.05. The Morgan fingerprint density at radius 2 is 2.00 bits per heavy atom. The van der Waals surface area contributed by atoms with Crippen molar-refractivity contribution in [1.29, 1.82) is 0 Å². The predicted molar refractivity (Wildman–Crippen MR) is 121 cm³/mol. The molecule has 8 heteroatoms. The number of anilines is 1. The highest BCUT2D eigenvalue weighted by Crippen LogP contribution is 2.22. The minimum Gasteiger partial charge on any atom is -0.486 e. The molecule has 0 aliphatic rings. The molecule has 0 aliphatic carbocycles. The van der Waals surface area contributed by atoms with E-state index in [0.29, 0.717) is 28.2 Å². The molecule has 0 spiro atoms. The first-order valence-corrected chi connectivity index (χ1v) is 10.7. The van der Waals surface area contributed by atoms with Crippen molar-refractivity contribution >= 4 is 35.0 Å². The van der Waals surface area contributed by atoms with E-state index >= 15 is 0 Å². The third-order valence-corrected chi connectivity index (χ3v) is 5.66. The number of hydrogen-bond donors (Lipinski definition) is 1. The quantitative estimate of drug-likeness (QED) is 0.371. The number of ether oxygens (including phenoxy) is 1. The van der Waals surface area contributed by atoms with E-state index in [0.717, 1.165) is 11.3 Å². The Hall–Kier alpha value is -2.77. The minimum atomic E-state index is -0.148. The van der Waals surface area contributed by atoms with Gasteiger partial charge in [0.05, 0.1) is 5.75 Å². The van der Waals surface area contributed by atoms with Gasteiger partial charge in [0.15, 0.2) is 11.0 Å². The number of benzene rings is 2. The smallest absolute Gasteiger partial charge is 0.234 e. The second kappa shape index (κ2) is 10.3. The summed E-state index contributed by atoms with van der Waals surface area (Å²) >= 11 is 7.42. The average Bonchev–Trinajstić information content (AvgIpc) is 3.11. The predicted octanol–water partition coefficient (Wildman–Crippen LogP) is 5.04. The molecule has 1 aromatic heterocycles. The molecule has 2 aromatic carbocycles. The molecule has 1 heterocycles. The van der Waals surface area contributed by atoms with E-state index < -0.39 is 0 Å². The van der Waals surface area contributed by atoms with Crippen LogP contribution in [0.3, 0.4) is 0 Å². The standard InChI is InChI=1S/C22H23ClN4O2S/c1-4-11-27-20(13-29-18-9-5-15(2)6-10-18)25-26-22(27)30-14-21(28)24-17-8-7-16(3)19(23)12-17/h4-10,12H,1,11,13-14H2,2-3H3,(H,24,28). The number of halogens is 1. The minimum absolute atomic E-state index is 0.148. The Labute approximate surface area is 185 Å². The van der Waals surface area contributed by atoms with Gasteiger partial charge in [0, 0.05) is 17.3 Å². The van der Waals surface area contributed by atoms with Crippen LogP contribution in [0.2, 0.25) is 5.02 Å². The number of nitrogens with one attached hydrogen (secondary N) is 1. The van der Waals surface area contributed by atoms with Gasteiger partial charge in [-0.15, -0.1) is 16.8 Å². The summed E-state index contributed by atoms with van der Waals surface area (Å²) in [5, 5.41) is 12.5. The van der Waals surface area contributed by atoms with Crippen LogP contribution in [-0.4, -0.2) is 26.4 Å². The van der Waals surface area contributed by atoms with E-state index in [-0.39, 0.29) is 18.3 Å². The fraction of sp³-hybridized carbons (Fsp3) is 0.227. The zero-order chi connectivity index (χ0) is 21.5. The Balaban J connectivity index is 1.60. The molecule has 0 saturated heterocycles. The fourth-order valence-electron chi connectivity index (χ4n) is 2.63. The number of amides is 1. The summed E-state index contributed by atoms with van der Waals surface area (Å²) in [6.07, 6.45) is 1.76. The molecule has 30 heavy (non-hydrogen) atoms. The van der Waals surface area contributed by atoms with Crippen LogP contribution in [-0.2, 0) is 17.9 Å². The maximum Gasteiger partial charge on any atom is 0.234 e. The largest absolute Gasteiger partial charge is 0.486 e. The summed E-state index contributed by atoms with van der Waals surface area (Å²) in [5.74, 6) is 1.48. The van der Waals surface area contributed by atoms with Gasteiger partial charge in [-0.1, -0.05) is 53.2 Å². The maximum absolute atomic E-state index is 12.3. The van der Waals surface area contributed by atoms with Crippen LogP contribution in [0.5, 0.6) is 5.75 Å². The lowest BCUT2D eigenvalue weighted by Crippen LogP contribution is -2.15. The summed E-state index contributed by atoms with van der Waals surface area (Å²) in [5.41, 5.74) is 2.79. The van der Waals surface area contributed by atoms with Crippen LogP contribution in [0, 0.1) is 13.8 Å². The van der Waals surface area contributed by atoms with Crippen LogP contribution < -0.4 is 10.1 Å². The molecule has 156 valence electrons. The molecule has 0 aliphatic heterocycles. The van der Waals surface area contributed by atoms with Gasteiger partial charge < -0.3 is 10.1 Å². The summed E-state index contributed by atoms with van der Waals surface area (Å²) in [6, 6.07) is 13.2. The Bertz CT molecular complexity index is 1030. The number of carbonyl (C=O) groups excluding carboxylic acids is 1. The first-order valence-electron chi connectivity index (χ1n) is 9.37. The van der Waals surface area contributed by atoms with Crippen LogP contribution >= 0.6 is 23.4 Å². The highest BCUT2D eigenvalue weighted by molar-refractivity contribution is 7.99. The zero-order valence-electron chi connectivity index (χ0n) is 16.9. The van der Waals surface area contributed by atoms with Crippen molar-refractivity contribution < 1.29 is 9.53 Å². The first-order chi connectivity index (χ1) is 14.5. The number of rotatable bonds is 9. The van der Waals surface area contributed by atoms with Crippen molar-refractivity contribution in [2.45, 2.75) is 32.2 Å². The molecule has 0 atom stereocenters. The van der Waals surface area contributed by atoms with Crippen molar-refractivity contribution in [1.82, 2.24) is 14.8 Å². The van der Waals surface area contributed by atoms with Crippen LogP contribution in [0.15, 0.2) is 60.3 Å². The van der Waals surface area contributed by atoms with Gasteiger partial charge in [0.2, 0.25) is 5.91 Å². The van der Waals surface area contributed by atoms with Crippen molar-refractivity contribution in [2.24, 2.45) is 0 Å². The van der Waals surface area contributed by atoms with Gasteiger partial charge >= 0.3 is 0 Å². The average molecular weight is 443 g/mol. The van der Waals surface area contributed by atoms with Gasteiger partial charge in [-0.2, -0.15) is 0 Å². The molecular weight excluding hydrogens is 420 g/mol. The van der Waals surface area contributed by atoms with Crippen molar-refractivity contribution in [2.75, 3.05) is 11.1 Å². The van der Waals surface area contributed by atoms with Gasteiger partial charge in [0.1, 0.15) is 12.4 Å². The van der Waals surface area contributed by atoms with E-state index in [1.54, 1.807) is 12.1 Å². The Morgan fingerprint density at radius 1 is 1.23 bits per heavy atom. The number of nitrogens with zero attached hydrogens (tertiary/aromatic N) is 3. The number of aromatic nitrogens is 3. The van der Waals surface area contributed by atoms with Crippen molar-refractivity contribution in [3.8, 4) is 5.75 Å². The van der Waals surface area contributed by atoms with Crippen LogP contribution in [0.4, 0.5) is 5.69 Å². The van der Waals surface area contributed by atoms with E-state index in [9.17, 15) is 4.79 Å². The molecule has 3 aromatic rings. The van der Waals surface area contributed by atoms with E-state index in [2.05, 4.69) is 22.1 Å². The fourth-order valence-corrected chi connectivity index (χ4v) is 3.57. The van der Waals surface area contributed by atoms with Gasteiger partial charge in [-0.05, 0) is 43.7 Å². The van der Waals surface area contributed by atoms with Crippen LogP contribution in [0.25, 0.3) is 0 Å². The molecule has 1 N–H and O–H groups in total. The highest BCUT2D eigenvalue weighted by Gasteiger charge is 2.14. The van der Waals surface area contributed by atoms with Crippen LogP contribution in [0.1, 0.15) is 17.0 Å². The number of thioether (sulfide) groups is 1. The number of aryl methyl sites for hydroxylation is 2. The monoisotopic (exact) mass is 442 g/mol. The van der Waals surface area contributed by atoms with Crippen molar-refractivity contribution in [3.05, 3.63) is 77.1 Å². The molecule has 0 unspecified atom stereocenters. The topological polar surface area (TPSA) is 69.0 Å². The Kier molecular flexibility index (Phi) is 7.54. The summed E-state index contributed by atoms with van der Waals surface area (Å²) in [6.45, 7) is 8.53. The lowest BCUT2D eigenvalue weighted by Gasteiger charge is -2.10. The number of carbonyl (C=O) groups is 1. The highest BCUT2D eigenvalue weighted by atomic mass is 35.5. The lowest BCUT2D eigenvalue weighted by atomic mass is 10.2. The van der Waals surface area contributed by atoms with E-state index in [1.807, 2.05) is 54.8 Å². The molecular formula is C22H23ClN4O2S. The summed E-state index contributed by atoms with van der Waals surface area (Å²) in [4.78, 5) is 12.3. The normalized spacial score (nSPS) is 10.6.